The van der Waals surface area contributed by atoms with Crippen molar-refractivity contribution in [1.29, 1.82) is 0 Å². The molecule has 0 atom stereocenters. The quantitative estimate of drug-likeness (QED) is 0.843. The van der Waals surface area contributed by atoms with E-state index in [0.29, 0.717) is 6.04 Å². The minimum atomic E-state index is -0.130. The molecule has 1 N–H and O–H groups in total. The topological polar surface area (TPSA) is 32.3 Å². The first-order valence-electron chi connectivity index (χ1n) is 8.36. The van der Waals surface area contributed by atoms with Crippen molar-refractivity contribution in [2.75, 3.05) is 11.9 Å². The monoisotopic (exact) mass is 298 g/mol. The van der Waals surface area contributed by atoms with Gasteiger partial charge in [0.15, 0.2) is 0 Å². The number of amides is 1. The maximum atomic E-state index is 12.4. The Bertz CT molecular complexity index is 597. The summed E-state index contributed by atoms with van der Waals surface area (Å²) < 4.78 is 0. The van der Waals surface area contributed by atoms with Gasteiger partial charge in [-0.25, -0.2) is 0 Å². The lowest BCUT2D eigenvalue weighted by Gasteiger charge is -2.25. The van der Waals surface area contributed by atoms with Gasteiger partial charge in [0.1, 0.15) is 0 Å². The van der Waals surface area contributed by atoms with Crippen LogP contribution in [0.2, 0.25) is 0 Å². The number of nitrogens with one attached hydrogen (secondary N) is 1. The van der Waals surface area contributed by atoms with Crippen LogP contribution in [0.15, 0.2) is 36.0 Å². The van der Waals surface area contributed by atoms with Crippen LogP contribution in [-0.2, 0) is 10.2 Å². The summed E-state index contributed by atoms with van der Waals surface area (Å²) in [6.07, 6.45) is 7.81. The standard InChI is InChI=1S/C19H26N2O/c1-19(2)15-11-7-8-12-16(15)21(3)17(19)13-18(22)20-14-9-5-4-6-10-14/h7-8,11-14H,4-6,9-10H2,1-3H3,(H,20,22)/b17-13-. The molecule has 0 unspecified atom stereocenters. The molecule has 22 heavy (non-hydrogen) atoms. The number of carbonyl (C=O) groups is 1. The lowest BCUT2D eigenvalue weighted by atomic mass is 9.83. The molecule has 1 heterocycles. The van der Waals surface area contributed by atoms with E-state index < -0.39 is 0 Å². The molecule has 1 aromatic rings. The predicted molar refractivity (Wildman–Crippen MR) is 91.0 cm³/mol. The zero-order valence-electron chi connectivity index (χ0n) is 13.9. The first kappa shape index (κ1) is 15.1. The third-order valence-corrected chi connectivity index (χ3v) is 5.16. The number of likely N-dealkylation sites (N-methyl/N-ethyl adjacent to an activating group) is 1. The molecule has 1 amide bonds. The van der Waals surface area contributed by atoms with Gasteiger partial charge in [-0.05, 0) is 24.5 Å². The van der Waals surface area contributed by atoms with E-state index in [4.69, 9.17) is 0 Å². The first-order chi connectivity index (χ1) is 10.5. The van der Waals surface area contributed by atoms with Crippen LogP contribution in [0.5, 0.6) is 0 Å². The van der Waals surface area contributed by atoms with Crippen LogP contribution in [-0.4, -0.2) is 19.0 Å². The number of para-hydroxylation sites is 1. The van der Waals surface area contributed by atoms with E-state index in [-0.39, 0.29) is 11.3 Å². The van der Waals surface area contributed by atoms with Crippen molar-refractivity contribution < 1.29 is 4.79 Å². The number of hydrogen-bond acceptors (Lipinski definition) is 2. The maximum absolute atomic E-state index is 12.4. The molecule has 2 aliphatic rings. The van der Waals surface area contributed by atoms with Gasteiger partial charge in [-0.1, -0.05) is 51.3 Å². The summed E-state index contributed by atoms with van der Waals surface area (Å²) in [7, 11) is 2.05. The molecule has 0 saturated heterocycles. The smallest absolute Gasteiger partial charge is 0.245 e. The number of hydrogen-bond donors (Lipinski definition) is 1. The Hall–Kier alpha value is -1.77. The highest BCUT2D eigenvalue weighted by molar-refractivity contribution is 5.90. The summed E-state index contributed by atoms with van der Waals surface area (Å²) in [6.45, 7) is 4.38. The summed E-state index contributed by atoms with van der Waals surface area (Å²) in [5, 5.41) is 3.19. The molecule has 1 aromatic carbocycles. The number of benzene rings is 1. The number of carbonyl (C=O) groups excluding carboxylic acids is 1. The zero-order valence-corrected chi connectivity index (χ0v) is 13.9. The fraction of sp³-hybridized carbons (Fsp3) is 0.526. The van der Waals surface area contributed by atoms with E-state index in [0.717, 1.165) is 18.5 Å². The molecule has 0 bridgehead atoms. The third kappa shape index (κ3) is 2.65. The normalized spacial score (nSPS) is 22.7. The molecule has 0 aromatic heterocycles. The van der Waals surface area contributed by atoms with Gasteiger partial charge in [0.2, 0.25) is 5.91 Å². The van der Waals surface area contributed by atoms with E-state index in [1.54, 1.807) is 6.08 Å². The van der Waals surface area contributed by atoms with E-state index in [2.05, 4.69) is 48.3 Å². The third-order valence-electron chi connectivity index (χ3n) is 5.16. The minimum Gasteiger partial charge on any atom is -0.350 e. The average Bonchev–Trinajstić information content (AvgIpc) is 2.70. The highest BCUT2D eigenvalue weighted by Crippen LogP contribution is 2.46. The van der Waals surface area contributed by atoms with Crippen LogP contribution in [0.3, 0.4) is 0 Å². The summed E-state index contributed by atoms with van der Waals surface area (Å²) in [5.41, 5.74) is 3.43. The molecule has 1 aliphatic carbocycles. The van der Waals surface area contributed by atoms with Crippen molar-refractivity contribution in [2.24, 2.45) is 0 Å². The highest BCUT2D eigenvalue weighted by Gasteiger charge is 2.38. The lowest BCUT2D eigenvalue weighted by molar-refractivity contribution is -0.117. The Morgan fingerprint density at radius 3 is 2.59 bits per heavy atom. The second kappa shape index (κ2) is 5.79. The number of nitrogens with zero attached hydrogens (tertiary/aromatic N) is 1. The van der Waals surface area contributed by atoms with E-state index >= 15 is 0 Å². The average molecular weight is 298 g/mol. The lowest BCUT2D eigenvalue weighted by Crippen LogP contribution is -2.36. The Morgan fingerprint density at radius 2 is 1.91 bits per heavy atom. The Labute approximate surface area is 133 Å². The van der Waals surface area contributed by atoms with E-state index in [1.165, 1.54) is 30.5 Å². The maximum Gasteiger partial charge on any atom is 0.245 e. The number of fused-ring (bicyclic) bond motifs is 1. The van der Waals surface area contributed by atoms with Crippen molar-refractivity contribution in [2.45, 2.75) is 57.4 Å². The zero-order chi connectivity index (χ0) is 15.7. The largest absolute Gasteiger partial charge is 0.350 e. The van der Waals surface area contributed by atoms with Crippen LogP contribution in [0.1, 0.15) is 51.5 Å². The summed E-state index contributed by atoms with van der Waals surface area (Å²) in [4.78, 5) is 14.6. The van der Waals surface area contributed by atoms with Gasteiger partial charge >= 0.3 is 0 Å². The fourth-order valence-electron chi connectivity index (χ4n) is 3.87. The van der Waals surface area contributed by atoms with Crippen molar-refractivity contribution in [3.63, 3.8) is 0 Å². The molecular formula is C19H26N2O. The Balaban J connectivity index is 1.80. The SMILES string of the molecule is CN1/C(=C\C(=O)NC2CCCCC2)C(C)(C)c2ccccc21. The molecule has 118 valence electrons. The van der Waals surface area contributed by atoms with Gasteiger partial charge in [-0.2, -0.15) is 0 Å². The molecule has 0 radical (unpaired) electrons. The molecule has 1 saturated carbocycles. The number of anilines is 1. The van der Waals surface area contributed by atoms with Crippen molar-refractivity contribution in [3.05, 3.63) is 41.6 Å². The van der Waals surface area contributed by atoms with Crippen molar-refractivity contribution in [3.8, 4) is 0 Å². The summed E-state index contributed by atoms with van der Waals surface area (Å²) in [6, 6.07) is 8.76. The van der Waals surface area contributed by atoms with E-state index in [9.17, 15) is 4.79 Å². The van der Waals surface area contributed by atoms with Gasteiger partial charge in [0.05, 0.1) is 0 Å². The first-order valence-corrected chi connectivity index (χ1v) is 8.36. The molecule has 3 rings (SSSR count). The summed E-state index contributed by atoms with van der Waals surface area (Å²) >= 11 is 0. The van der Waals surface area contributed by atoms with Crippen molar-refractivity contribution >= 4 is 11.6 Å². The Kier molecular flexibility index (Phi) is 3.98. The highest BCUT2D eigenvalue weighted by atomic mass is 16.1. The second-order valence-corrected chi connectivity index (χ2v) is 7.07. The van der Waals surface area contributed by atoms with Gasteiger partial charge in [0, 0.05) is 36.0 Å². The summed E-state index contributed by atoms with van der Waals surface area (Å²) in [5.74, 6) is 0.0506. The second-order valence-electron chi connectivity index (χ2n) is 7.07. The van der Waals surface area contributed by atoms with Crippen LogP contribution in [0.4, 0.5) is 5.69 Å². The van der Waals surface area contributed by atoms with Crippen LogP contribution in [0.25, 0.3) is 0 Å². The van der Waals surface area contributed by atoms with Crippen LogP contribution < -0.4 is 10.2 Å². The number of rotatable bonds is 2. The predicted octanol–water partition coefficient (Wildman–Crippen LogP) is 3.75. The molecular weight excluding hydrogens is 272 g/mol. The van der Waals surface area contributed by atoms with Crippen LogP contribution in [0, 0.1) is 0 Å². The minimum absolute atomic E-state index is 0.0506. The molecule has 1 fully saturated rings. The van der Waals surface area contributed by atoms with Gasteiger partial charge in [-0.3, -0.25) is 4.79 Å². The van der Waals surface area contributed by atoms with E-state index in [1.807, 2.05) is 7.05 Å². The molecule has 0 spiro atoms. The fourth-order valence-corrected chi connectivity index (χ4v) is 3.87. The van der Waals surface area contributed by atoms with Crippen LogP contribution >= 0.6 is 0 Å². The molecule has 3 heteroatoms. The van der Waals surface area contributed by atoms with Gasteiger partial charge in [0.25, 0.3) is 0 Å². The molecule has 1 aliphatic heterocycles. The van der Waals surface area contributed by atoms with Crippen molar-refractivity contribution in [1.82, 2.24) is 5.32 Å². The number of allylic oxidation sites excluding steroid dienone is 1. The molecule has 3 nitrogen and oxygen atoms in total. The Morgan fingerprint density at radius 1 is 1.23 bits per heavy atom. The van der Waals surface area contributed by atoms with Gasteiger partial charge in [-0.15, -0.1) is 0 Å². The van der Waals surface area contributed by atoms with Gasteiger partial charge < -0.3 is 10.2 Å².